The van der Waals surface area contributed by atoms with Gasteiger partial charge in [0.05, 0.1) is 6.10 Å². The molecule has 1 aliphatic rings. The minimum absolute atomic E-state index is 0.00796. The van der Waals surface area contributed by atoms with Gasteiger partial charge in [-0.2, -0.15) is 0 Å². The van der Waals surface area contributed by atoms with Crippen LogP contribution in [0.2, 0.25) is 0 Å². The average Bonchev–Trinajstić information content (AvgIpc) is 2.87. The largest absolute Gasteiger partial charge is 0.484 e. The van der Waals surface area contributed by atoms with Crippen LogP contribution in [0.3, 0.4) is 0 Å². The maximum Gasteiger partial charge on any atom is 0.260 e. The Balaban J connectivity index is 1.84. The Labute approximate surface area is 114 Å². The van der Waals surface area contributed by atoms with Gasteiger partial charge in [0, 0.05) is 19.0 Å². The van der Waals surface area contributed by atoms with Gasteiger partial charge in [0.1, 0.15) is 5.75 Å². The van der Waals surface area contributed by atoms with Crippen LogP contribution in [-0.4, -0.2) is 41.7 Å². The predicted octanol–water partition coefficient (Wildman–Crippen LogP) is 1.60. The van der Waals surface area contributed by atoms with Crippen LogP contribution in [0.25, 0.3) is 0 Å². The van der Waals surface area contributed by atoms with Crippen LogP contribution in [0.4, 0.5) is 0 Å². The van der Waals surface area contributed by atoms with E-state index in [2.05, 4.69) is 0 Å². The summed E-state index contributed by atoms with van der Waals surface area (Å²) in [4.78, 5) is 13.8. The van der Waals surface area contributed by atoms with Gasteiger partial charge in [-0.3, -0.25) is 4.79 Å². The van der Waals surface area contributed by atoms with E-state index in [1.807, 2.05) is 31.2 Å². The molecule has 0 spiro atoms. The minimum Gasteiger partial charge on any atom is -0.484 e. The van der Waals surface area contributed by atoms with Gasteiger partial charge in [0.2, 0.25) is 0 Å². The number of aliphatic hydroxyl groups is 1. The quantitative estimate of drug-likeness (QED) is 0.897. The normalized spacial score (nSPS) is 20.4. The molecule has 2 unspecified atom stereocenters. The van der Waals surface area contributed by atoms with E-state index in [1.165, 1.54) is 0 Å². The highest BCUT2D eigenvalue weighted by Gasteiger charge is 2.29. The molecule has 19 heavy (non-hydrogen) atoms. The summed E-state index contributed by atoms with van der Waals surface area (Å²) in [6, 6.07) is 7.66. The Kier molecular flexibility index (Phi) is 4.43. The number of carbonyl (C=O) groups is 1. The number of likely N-dealkylation sites (tertiary alicyclic amines) is 1. The van der Waals surface area contributed by atoms with Gasteiger partial charge in [-0.15, -0.1) is 0 Å². The molecule has 2 rings (SSSR count). The van der Waals surface area contributed by atoms with Crippen LogP contribution in [0.1, 0.15) is 18.9 Å². The van der Waals surface area contributed by atoms with E-state index >= 15 is 0 Å². The highest BCUT2D eigenvalue weighted by molar-refractivity contribution is 5.78. The van der Waals surface area contributed by atoms with Crippen molar-refractivity contribution in [1.29, 1.82) is 0 Å². The molecule has 1 aliphatic heterocycles. The molecule has 1 N–H and O–H groups in total. The third-order valence-corrected chi connectivity index (χ3v) is 3.70. The molecule has 0 radical (unpaired) electrons. The van der Waals surface area contributed by atoms with Gasteiger partial charge in [-0.05, 0) is 31.9 Å². The molecule has 1 saturated heterocycles. The molecule has 4 nitrogen and oxygen atoms in total. The number of ether oxygens (including phenoxy) is 1. The van der Waals surface area contributed by atoms with Gasteiger partial charge < -0.3 is 14.7 Å². The number of benzene rings is 1. The van der Waals surface area contributed by atoms with Crippen molar-refractivity contribution in [2.45, 2.75) is 26.4 Å². The molecular weight excluding hydrogens is 242 g/mol. The van der Waals surface area contributed by atoms with E-state index in [9.17, 15) is 9.90 Å². The van der Waals surface area contributed by atoms with Crippen molar-refractivity contribution in [1.82, 2.24) is 4.90 Å². The molecule has 1 fully saturated rings. The Bertz CT molecular complexity index is 445. The summed E-state index contributed by atoms with van der Waals surface area (Å²) in [5.74, 6) is 0.941. The Morgan fingerprint density at radius 2 is 2.26 bits per heavy atom. The standard InChI is InChI=1S/C15H21NO3/c1-11-5-3-4-6-14(11)19-10-15(18)16-8-7-13(9-16)12(2)17/h3-6,12-13,17H,7-10H2,1-2H3. The van der Waals surface area contributed by atoms with Crippen LogP contribution in [-0.2, 0) is 4.79 Å². The lowest BCUT2D eigenvalue weighted by Gasteiger charge is -2.18. The summed E-state index contributed by atoms with van der Waals surface area (Å²) in [7, 11) is 0. The third-order valence-electron chi connectivity index (χ3n) is 3.70. The first kappa shape index (κ1) is 13.9. The molecule has 0 saturated carbocycles. The molecule has 1 aromatic carbocycles. The number of hydrogen-bond acceptors (Lipinski definition) is 3. The SMILES string of the molecule is Cc1ccccc1OCC(=O)N1CCC(C(C)O)C1. The number of hydrogen-bond donors (Lipinski definition) is 1. The zero-order valence-electron chi connectivity index (χ0n) is 11.5. The average molecular weight is 263 g/mol. The first-order chi connectivity index (χ1) is 9.08. The lowest BCUT2D eigenvalue weighted by Crippen LogP contribution is -2.34. The van der Waals surface area contributed by atoms with Gasteiger partial charge in [-0.1, -0.05) is 18.2 Å². The van der Waals surface area contributed by atoms with Crippen LogP contribution in [0, 0.1) is 12.8 Å². The number of carbonyl (C=O) groups excluding carboxylic acids is 1. The second-order valence-corrected chi connectivity index (χ2v) is 5.18. The molecule has 104 valence electrons. The Morgan fingerprint density at radius 3 is 2.89 bits per heavy atom. The van der Waals surface area contributed by atoms with Crippen molar-refractivity contribution in [3.8, 4) is 5.75 Å². The molecule has 2 atom stereocenters. The van der Waals surface area contributed by atoms with Crippen LogP contribution >= 0.6 is 0 Å². The molecule has 1 heterocycles. The Morgan fingerprint density at radius 1 is 1.53 bits per heavy atom. The van der Waals surface area contributed by atoms with Crippen molar-refractivity contribution in [3.63, 3.8) is 0 Å². The van der Waals surface area contributed by atoms with E-state index in [-0.39, 0.29) is 24.5 Å². The van der Waals surface area contributed by atoms with Crippen molar-refractivity contribution in [3.05, 3.63) is 29.8 Å². The number of para-hydroxylation sites is 1. The zero-order valence-corrected chi connectivity index (χ0v) is 11.5. The first-order valence-electron chi connectivity index (χ1n) is 6.72. The lowest BCUT2D eigenvalue weighted by atomic mass is 10.0. The minimum atomic E-state index is -0.352. The maximum absolute atomic E-state index is 12.0. The van der Waals surface area contributed by atoms with Crippen LogP contribution in [0.5, 0.6) is 5.75 Å². The van der Waals surface area contributed by atoms with Crippen molar-refractivity contribution in [2.24, 2.45) is 5.92 Å². The van der Waals surface area contributed by atoms with E-state index in [1.54, 1.807) is 11.8 Å². The summed E-state index contributed by atoms with van der Waals surface area (Å²) in [5.41, 5.74) is 1.03. The molecule has 1 amide bonds. The highest BCUT2D eigenvalue weighted by atomic mass is 16.5. The third kappa shape index (κ3) is 3.47. The molecular formula is C15H21NO3. The zero-order chi connectivity index (χ0) is 13.8. The fourth-order valence-corrected chi connectivity index (χ4v) is 2.36. The molecule has 0 aliphatic carbocycles. The first-order valence-corrected chi connectivity index (χ1v) is 6.72. The van der Waals surface area contributed by atoms with Gasteiger partial charge in [0.15, 0.2) is 6.61 Å². The van der Waals surface area contributed by atoms with E-state index in [0.717, 1.165) is 17.7 Å². The van der Waals surface area contributed by atoms with Crippen LogP contribution in [0.15, 0.2) is 24.3 Å². The molecule has 0 aromatic heterocycles. The second kappa shape index (κ2) is 6.06. The Hall–Kier alpha value is -1.55. The number of aliphatic hydroxyl groups excluding tert-OH is 1. The fourth-order valence-electron chi connectivity index (χ4n) is 2.36. The summed E-state index contributed by atoms with van der Waals surface area (Å²) in [6.07, 6.45) is 0.517. The number of rotatable bonds is 4. The van der Waals surface area contributed by atoms with Crippen LogP contribution < -0.4 is 4.74 Å². The second-order valence-electron chi connectivity index (χ2n) is 5.18. The summed E-state index contributed by atoms with van der Waals surface area (Å²) >= 11 is 0. The molecule has 1 aromatic rings. The van der Waals surface area contributed by atoms with Gasteiger partial charge in [-0.25, -0.2) is 0 Å². The fraction of sp³-hybridized carbons (Fsp3) is 0.533. The monoisotopic (exact) mass is 263 g/mol. The van der Waals surface area contributed by atoms with Crippen molar-refractivity contribution in [2.75, 3.05) is 19.7 Å². The van der Waals surface area contributed by atoms with Crippen molar-refractivity contribution >= 4 is 5.91 Å². The smallest absolute Gasteiger partial charge is 0.260 e. The topological polar surface area (TPSA) is 49.8 Å². The summed E-state index contributed by atoms with van der Waals surface area (Å²) < 4.78 is 5.55. The number of nitrogens with zero attached hydrogens (tertiary/aromatic N) is 1. The highest BCUT2D eigenvalue weighted by Crippen LogP contribution is 2.20. The summed E-state index contributed by atoms with van der Waals surface area (Å²) in [6.45, 7) is 5.15. The predicted molar refractivity (Wildman–Crippen MR) is 73.0 cm³/mol. The van der Waals surface area contributed by atoms with Gasteiger partial charge in [0.25, 0.3) is 5.91 Å². The van der Waals surface area contributed by atoms with E-state index < -0.39 is 0 Å². The maximum atomic E-state index is 12.0. The molecule has 4 heteroatoms. The van der Waals surface area contributed by atoms with E-state index in [4.69, 9.17) is 4.74 Å². The number of aryl methyl sites for hydroxylation is 1. The molecule has 0 bridgehead atoms. The van der Waals surface area contributed by atoms with Gasteiger partial charge >= 0.3 is 0 Å². The van der Waals surface area contributed by atoms with E-state index in [0.29, 0.717) is 13.1 Å². The lowest BCUT2D eigenvalue weighted by molar-refractivity contribution is -0.132. The summed E-state index contributed by atoms with van der Waals surface area (Å²) in [5, 5.41) is 9.53. The number of amides is 1. The van der Waals surface area contributed by atoms with Crippen molar-refractivity contribution < 1.29 is 14.6 Å².